The molecule has 1 heterocycles. The zero-order valence-corrected chi connectivity index (χ0v) is 11.9. The number of rotatable bonds is 7. The monoisotopic (exact) mass is 257 g/mol. The Morgan fingerprint density at radius 2 is 2.17 bits per heavy atom. The van der Waals surface area contributed by atoms with Gasteiger partial charge in [0.15, 0.2) is 0 Å². The molecule has 0 amide bonds. The van der Waals surface area contributed by atoms with E-state index in [1.54, 1.807) is 0 Å². The molecule has 0 aromatic heterocycles. The molecule has 1 aliphatic rings. The van der Waals surface area contributed by atoms with Crippen molar-refractivity contribution in [3.05, 3.63) is 0 Å². The first-order valence-electron chi connectivity index (χ1n) is 7.10. The summed E-state index contributed by atoms with van der Waals surface area (Å²) in [7, 11) is 0. The minimum absolute atomic E-state index is 0.152. The minimum atomic E-state index is -0.556. The van der Waals surface area contributed by atoms with Gasteiger partial charge in [-0.15, -0.1) is 0 Å². The van der Waals surface area contributed by atoms with E-state index in [0.717, 1.165) is 25.7 Å². The summed E-state index contributed by atoms with van der Waals surface area (Å²) >= 11 is 0. The van der Waals surface area contributed by atoms with Gasteiger partial charge in [0, 0.05) is 6.54 Å². The molecule has 0 aromatic rings. The average molecular weight is 257 g/mol. The normalized spacial score (nSPS) is 26.9. The standard InChI is InChI=1S/C14H27NO3/c1-4-8-14(10-15,13(16)17-5-2)9-12-7-6-11(3)18-12/h11-12H,4-10,15H2,1-3H3. The number of nitrogens with two attached hydrogens (primary N) is 1. The van der Waals surface area contributed by atoms with Crippen molar-refractivity contribution in [3.63, 3.8) is 0 Å². The molecule has 1 saturated heterocycles. The number of carbonyl (C=O) groups is 1. The van der Waals surface area contributed by atoms with Crippen molar-refractivity contribution in [1.29, 1.82) is 0 Å². The van der Waals surface area contributed by atoms with Crippen LogP contribution in [0.15, 0.2) is 0 Å². The zero-order chi connectivity index (χ0) is 13.6. The highest BCUT2D eigenvalue weighted by Gasteiger charge is 2.41. The molecule has 4 nitrogen and oxygen atoms in total. The summed E-state index contributed by atoms with van der Waals surface area (Å²) in [4.78, 5) is 12.2. The number of hydrogen-bond donors (Lipinski definition) is 1. The fourth-order valence-corrected chi connectivity index (χ4v) is 2.79. The first-order chi connectivity index (χ1) is 8.57. The molecule has 0 aliphatic carbocycles. The van der Waals surface area contributed by atoms with E-state index < -0.39 is 5.41 Å². The third kappa shape index (κ3) is 3.69. The van der Waals surface area contributed by atoms with Crippen molar-refractivity contribution in [3.8, 4) is 0 Å². The summed E-state index contributed by atoms with van der Waals surface area (Å²) < 4.78 is 11.0. The minimum Gasteiger partial charge on any atom is -0.466 e. The van der Waals surface area contributed by atoms with E-state index in [9.17, 15) is 4.79 Å². The highest BCUT2D eigenvalue weighted by Crippen LogP contribution is 2.35. The van der Waals surface area contributed by atoms with Crippen LogP contribution in [0, 0.1) is 5.41 Å². The average Bonchev–Trinajstić information content (AvgIpc) is 2.74. The lowest BCUT2D eigenvalue weighted by Crippen LogP contribution is -2.42. The molecule has 0 aromatic carbocycles. The van der Waals surface area contributed by atoms with Crippen molar-refractivity contribution in [2.24, 2.45) is 11.1 Å². The van der Waals surface area contributed by atoms with E-state index in [0.29, 0.717) is 25.7 Å². The van der Waals surface area contributed by atoms with Crippen LogP contribution in [0.2, 0.25) is 0 Å². The molecule has 2 N–H and O–H groups in total. The molecule has 0 radical (unpaired) electrons. The fourth-order valence-electron chi connectivity index (χ4n) is 2.79. The third-order valence-corrected chi connectivity index (χ3v) is 3.77. The first-order valence-corrected chi connectivity index (χ1v) is 7.10. The molecule has 0 saturated carbocycles. The van der Waals surface area contributed by atoms with Gasteiger partial charge in [0.2, 0.25) is 0 Å². The Bertz CT molecular complexity index is 270. The van der Waals surface area contributed by atoms with Gasteiger partial charge in [-0.25, -0.2) is 0 Å². The number of ether oxygens (including phenoxy) is 2. The molecule has 0 spiro atoms. The molecule has 0 bridgehead atoms. The van der Waals surface area contributed by atoms with E-state index in [1.807, 2.05) is 6.92 Å². The van der Waals surface area contributed by atoms with Gasteiger partial charge in [-0.3, -0.25) is 4.79 Å². The maximum atomic E-state index is 12.2. The Labute approximate surface area is 110 Å². The second-order valence-corrected chi connectivity index (χ2v) is 5.31. The van der Waals surface area contributed by atoms with Crippen LogP contribution < -0.4 is 5.73 Å². The van der Waals surface area contributed by atoms with Crippen LogP contribution in [0.5, 0.6) is 0 Å². The van der Waals surface area contributed by atoms with Gasteiger partial charge in [-0.2, -0.15) is 0 Å². The lowest BCUT2D eigenvalue weighted by molar-refractivity contribution is -0.158. The Kier molecular flexibility index (Phi) is 6.09. The zero-order valence-electron chi connectivity index (χ0n) is 11.9. The summed E-state index contributed by atoms with van der Waals surface area (Å²) in [6, 6.07) is 0. The number of esters is 1. The Balaban J connectivity index is 2.72. The predicted octanol–water partition coefficient (Wildman–Crippen LogP) is 2.25. The van der Waals surface area contributed by atoms with Crippen molar-refractivity contribution in [1.82, 2.24) is 0 Å². The summed E-state index contributed by atoms with van der Waals surface area (Å²) in [6.45, 7) is 6.73. The van der Waals surface area contributed by atoms with E-state index in [1.165, 1.54) is 0 Å². The molecule has 3 unspecified atom stereocenters. The van der Waals surface area contributed by atoms with Gasteiger partial charge >= 0.3 is 5.97 Å². The summed E-state index contributed by atoms with van der Waals surface area (Å²) in [5.41, 5.74) is 5.33. The van der Waals surface area contributed by atoms with Gasteiger partial charge in [-0.1, -0.05) is 13.3 Å². The SMILES string of the molecule is CCCC(CN)(CC1CCC(C)O1)C(=O)OCC. The molecule has 1 aliphatic heterocycles. The Morgan fingerprint density at radius 3 is 2.61 bits per heavy atom. The van der Waals surface area contributed by atoms with Crippen LogP contribution >= 0.6 is 0 Å². The molecule has 106 valence electrons. The van der Waals surface area contributed by atoms with Gasteiger partial charge in [0.1, 0.15) is 0 Å². The number of hydrogen-bond acceptors (Lipinski definition) is 4. The molecule has 3 atom stereocenters. The van der Waals surface area contributed by atoms with Crippen molar-refractivity contribution < 1.29 is 14.3 Å². The van der Waals surface area contributed by atoms with Crippen LogP contribution in [0.25, 0.3) is 0 Å². The molecule has 4 heteroatoms. The lowest BCUT2D eigenvalue weighted by atomic mass is 9.78. The van der Waals surface area contributed by atoms with Crippen LogP contribution in [0.1, 0.15) is 52.9 Å². The molecular formula is C14H27NO3. The smallest absolute Gasteiger partial charge is 0.313 e. The second-order valence-electron chi connectivity index (χ2n) is 5.31. The van der Waals surface area contributed by atoms with Crippen molar-refractivity contribution in [2.45, 2.75) is 65.1 Å². The fraction of sp³-hybridized carbons (Fsp3) is 0.929. The highest BCUT2D eigenvalue weighted by molar-refractivity contribution is 5.77. The van der Waals surface area contributed by atoms with Crippen LogP contribution in [-0.4, -0.2) is 31.3 Å². The molecule has 18 heavy (non-hydrogen) atoms. The summed E-state index contributed by atoms with van der Waals surface area (Å²) in [5.74, 6) is -0.155. The first kappa shape index (κ1) is 15.4. The van der Waals surface area contributed by atoms with Gasteiger partial charge in [-0.05, 0) is 39.5 Å². The van der Waals surface area contributed by atoms with Crippen LogP contribution in [0.4, 0.5) is 0 Å². The van der Waals surface area contributed by atoms with E-state index in [4.69, 9.17) is 15.2 Å². The quantitative estimate of drug-likeness (QED) is 0.711. The highest BCUT2D eigenvalue weighted by atomic mass is 16.5. The molecule has 1 fully saturated rings. The maximum absolute atomic E-state index is 12.2. The van der Waals surface area contributed by atoms with E-state index in [-0.39, 0.29) is 12.1 Å². The summed E-state index contributed by atoms with van der Waals surface area (Å²) in [6.07, 6.45) is 4.94. The molecule has 1 rings (SSSR count). The second kappa shape index (κ2) is 7.10. The third-order valence-electron chi connectivity index (χ3n) is 3.77. The summed E-state index contributed by atoms with van der Waals surface area (Å²) in [5, 5.41) is 0. The van der Waals surface area contributed by atoms with Gasteiger partial charge in [0.25, 0.3) is 0 Å². The maximum Gasteiger partial charge on any atom is 0.313 e. The van der Waals surface area contributed by atoms with Gasteiger partial charge in [0.05, 0.1) is 24.2 Å². The number of carbonyl (C=O) groups excluding carboxylic acids is 1. The topological polar surface area (TPSA) is 61.5 Å². The largest absolute Gasteiger partial charge is 0.466 e. The van der Waals surface area contributed by atoms with Crippen LogP contribution in [-0.2, 0) is 14.3 Å². The Morgan fingerprint density at radius 1 is 1.44 bits per heavy atom. The lowest BCUT2D eigenvalue weighted by Gasteiger charge is -2.32. The van der Waals surface area contributed by atoms with E-state index in [2.05, 4.69) is 13.8 Å². The predicted molar refractivity (Wildman–Crippen MR) is 71.2 cm³/mol. The molecular weight excluding hydrogens is 230 g/mol. The van der Waals surface area contributed by atoms with E-state index >= 15 is 0 Å². The van der Waals surface area contributed by atoms with Crippen molar-refractivity contribution >= 4 is 5.97 Å². The van der Waals surface area contributed by atoms with Gasteiger partial charge < -0.3 is 15.2 Å². The van der Waals surface area contributed by atoms with Crippen molar-refractivity contribution in [2.75, 3.05) is 13.2 Å². The van der Waals surface area contributed by atoms with Crippen LogP contribution in [0.3, 0.4) is 0 Å². The Hall–Kier alpha value is -0.610.